The number of aliphatic hydroxyl groups is 1. The van der Waals surface area contributed by atoms with Crippen molar-refractivity contribution in [2.45, 2.75) is 45.8 Å². The first-order valence-electron chi connectivity index (χ1n) is 6.97. The number of nitrogens with zero attached hydrogens (tertiary/aromatic N) is 1. The van der Waals surface area contributed by atoms with Gasteiger partial charge in [0.25, 0.3) is 0 Å². The Hall–Kier alpha value is -1.17. The van der Waals surface area contributed by atoms with Crippen LogP contribution < -0.4 is 4.78 Å². The molecule has 1 aromatic carbocycles. The molecule has 1 aromatic heterocycles. The molecule has 0 bridgehead atoms. The predicted molar refractivity (Wildman–Crippen MR) is 89.1 cm³/mol. The molecule has 2 aromatic rings. The van der Waals surface area contributed by atoms with Crippen LogP contribution in [0, 0.1) is 6.92 Å². The van der Waals surface area contributed by atoms with Crippen LogP contribution in [0.2, 0.25) is 0 Å². The Kier molecular flexibility index (Phi) is 4.56. The summed E-state index contributed by atoms with van der Waals surface area (Å²) in [5.41, 5.74) is 0.443. The van der Waals surface area contributed by atoms with Crippen LogP contribution in [0.25, 0.3) is 10.6 Å². The molecule has 3 nitrogen and oxygen atoms in total. The molecule has 2 rings (SSSR count). The molecule has 0 fully saturated rings. The Labute approximate surface area is 131 Å². The maximum absolute atomic E-state index is 10.1. The van der Waals surface area contributed by atoms with Gasteiger partial charge in [0.2, 0.25) is 0 Å². The molecule has 111 valence electrons. The van der Waals surface area contributed by atoms with E-state index in [2.05, 4.69) is 4.98 Å². The minimum absolute atomic E-state index is 0.670. The monoisotopic (exact) mass is 302 g/mol. The molecule has 1 N–H and O–H groups in total. The highest BCUT2D eigenvalue weighted by atomic mass is 32.1. The van der Waals surface area contributed by atoms with Crippen molar-refractivity contribution in [3.63, 3.8) is 0 Å². The Bertz CT molecular complexity index is 602. The molecule has 0 unspecified atom stereocenters. The van der Waals surface area contributed by atoms with Crippen LogP contribution in [-0.4, -0.2) is 28.8 Å². The number of rotatable bonds is 5. The number of thiazole rings is 1. The quantitative estimate of drug-likeness (QED) is 0.864. The third kappa shape index (κ3) is 3.73. The molecule has 0 aliphatic rings. The molecule has 0 spiro atoms. The van der Waals surface area contributed by atoms with Crippen molar-refractivity contribution in [3.05, 3.63) is 36.0 Å². The normalized spacial score (nSPS) is 12.5. The number of benzene rings is 1. The molecule has 21 heavy (non-hydrogen) atoms. The fourth-order valence-electron chi connectivity index (χ4n) is 1.57. The highest BCUT2D eigenvalue weighted by Gasteiger charge is 2.36. The van der Waals surface area contributed by atoms with Gasteiger partial charge in [-0.25, -0.2) is 4.98 Å². The fourth-order valence-corrected chi connectivity index (χ4v) is 2.50. The van der Waals surface area contributed by atoms with Gasteiger partial charge in [-0.2, -0.15) is 0 Å². The molecule has 0 saturated heterocycles. The van der Waals surface area contributed by atoms with E-state index in [1.807, 2.05) is 51.1 Å². The van der Waals surface area contributed by atoms with Gasteiger partial charge in [0.05, 0.1) is 11.2 Å². The van der Waals surface area contributed by atoms with Crippen molar-refractivity contribution >= 4 is 23.6 Å². The van der Waals surface area contributed by atoms with Crippen LogP contribution >= 0.6 is 11.3 Å². The maximum Gasteiger partial charge on any atom is 0.343 e. The first-order valence-corrected chi connectivity index (χ1v) is 7.78. The second-order valence-corrected chi connectivity index (χ2v) is 7.17. The van der Waals surface area contributed by atoms with Gasteiger partial charge in [-0.05, 0) is 34.6 Å². The molecule has 1 heterocycles. The average molecular weight is 302 g/mol. The van der Waals surface area contributed by atoms with E-state index in [1.54, 1.807) is 32.7 Å². The van der Waals surface area contributed by atoms with Gasteiger partial charge in [-0.15, -0.1) is 11.3 Å². The Balaban J connectivity index is 2.14. The summed E-state index contributed by atoms with van der Waals surface area (Å²) in [7, 11) is 1.71. The van der Waals surface area contributed by atoms with Gasteiger partial charge >= 0.3 is 7.48 Å². The van der Waals surface area contributed by atoms with Gasteiger partial charge in [-0.1, -0.05) is 30.3 Å². The highest BCUT2D eigenvalue weighted by Crippen LogP contribution is 2.25. The first kappa shape index (κ1) is 16.2. The largest absolute Gasteiger partial charge is 0.426 e. The lowest BCUT2D eigenvalue weighted by Crippen LogP contribution is -2.49. The summed E-state index contributed by atoms with van der Waals surface area (Å²) in [4.78, 5) is 4.59. The Morgan fingerprint density at radius 2 is 1.76 bits per heavy atom. The van der Waals surface area contributed by atoms with Crippen molar-refractivity contribution in [1.29, 1.82) is 0 Å². The van der Waals surface area contributed by atoms with Gasteiger partial charge < -0.3 is 9.76 Å². The summed E-state index contributed by atoms with van der Waals surface area (Å²) in [5.74, 6) is 0. The molecular formula is C16H21BNO2S. The molecule has 0 amide bonds. The van der Waals surface area contributed by atoms with E-state index < -0.39 is 11.2 Å². The molecular weight excluding hydrogens is 281 g/mol. The summed E-state index contributed by atoms with van der Waals surface area (Å²) in [6, 6.07) is 10.1. The highest BCUT2D eigenvalue weighted by molar-refractivity contribution is 7.23. The van der Waals surface area contributed by atoms with E-state index in [0.717, 1.165) is 21.0 Å². The number of hydrogen-bond donors (Lipinski definition) is 1. The topological polar surface area (TPSA) is 42.4 Å². The van der Waals surface area contributed by atoms with E-state index in [1.165, 1.54) is 0 Å². The van der Waals surface area contributed by atoms with Crippen LogP contribution in [-0.2, 0) is 4.65 Å². The second-order valence-electron chi connectivity index (χ2n) is 6.14. The van der Waals surface area contributed by atoms with Gasteiger partial charge in [-0.3, -0.25) is 0 Å². The lowest BCUT2D eigenvalue weighted by atomic mass is 9.86. The van der Waals surface area contributed by atoms with Crippen LogP contribution in [0.4, 0.5) is 0 Å². The summed E-state index contributed by atoms with van der Waals surface area (Å²) in [6.07, 6.45) is 0. The number of hydrogen-bond acceptors (Lipinski definition) is 4. The van der Waals surface area contributed by atoms with Crippen LogP contribution in [0.1, 0.15) is 33.4 Å². The third-order valence-corrected chi connectivity index (χ3v) is 4.92. The molecule has 5 heteroatoms. The van der Waals surface area contributed by atoms with Crippen molar-refractivity contribution in [3.8, 4) is 10.6 Å². The van der Waals surface area contributed by atoms with Crippen LogP contribution in [0.5, 0.6) is 0 Å². The molecule has 0 atom stereocenters. The van der Waals surface area contributed by atoms with Crippen molar-refractivity contribution in [1.82, 2.24) is 4.98 Å². The summed E-state index contributed by atoms with van der Waals surface area (Å²) in [5, 5.41) is 11.1. The number of aromatic nitrogens is 1. The molecule has 0 aliphatic carbocycles. The number of aryl methyl sites for hydroxylation is 1. The zero-order chi connectivity index (χ0) is 15.7. The summed E-state index contributed by atoms with van der Waals surface area (Å²) >= 11 is 1.59. The van der Waals surface area contributed by atoms with Gasteiger partial charge in [0, 0.05) is 16.0 Å². The van der Waals surface area contributed by atoms with E-state index >= 15 is 0 Å². The Morgan fingerprint density at radius 1 is 1.14 bits per heavy atom. The minimum atomic E-state index is -0.926. The first-order chi connectivity index (χ1) is 9.71. The van der Waals surface area contributed by atoms with Gasteiger partial charge in [0.15, 0.2) is 0 Å². The smallest absolute Gasteiger partial charge is 0.343 e. The van der Waals surface area contributed by atoms with Crippen molar-refractivity contribution in [2.24, 2.45) is 0 Å². The predicted octanol–water partition coefficient (Wildman–Crippen LogP) is 2.93. The maximum atomic E-state index is 10.1. The Morgan fingerprint density at radius 3 is 2.33 bits per heavy atom. The van der Waals surface area contributed by atoms with E-state index in [9.17, 15) is 5.11 Å². The lowest BCUT2D eigenvalue weighted by molar-refractivity contribution is -0.0892. The second kappa shape index (κ2) is 5.91. The molecule has 0 saturated carbocycles. The van der Waals surface area contributed by atoms with Crippen molar-refractivity contribution in [2.75, 3.05) is 0 Å². The van der Waals surface area contributed by atoms with E-state index in [-0.39, 0.29) is 0 Å². The third-order valence-electron chi connectivity index (χ3n) is 3.79. The average Bonchev–Trinajstić information content (AvgIpc) is 2.78. The van der Waals surface area contributed by atoms with Gasteiger partial charge in [0.1, 0.15) is 5.01 Å². The zero-order valence-electron chi connectivity index (χ0n) is 13.2. The zero-order valence-corrected chi connectivity index (χ0v) is 14.0. The van der Waals surface area contributed by atoms with Crippen LogP contribution in [0.3, 0.4) is 0 Å². The SMILES string of the molecule is Cc1nc(-c2ccccc2)sc1[B]OC(C)(C)C(C)(C)O. The van der Waals surface area contributed by atoms with E-state index in [0.29, 0.717) is 0 Å². The van der Waals surface area contributed by atoms with Crippen molar-refractivity contribution < 1.29 is 9.76 Å². The molecule has 0 aliphatic heterocycles. The summed E-state index contributed by atoms with van der Waals surface area (Å²) < 4.78 is 6.78. The summed E-state index contributed by atoms with van der Waals surface area (Å²) in [6.45, 7) is 9.21. The lowest BCUT2D eigenvalue weighted by Gasteiger charge is -2.37. The fraction of sp³-hybridized carbons (Fsp3) is 0.438. The molecule has 1 radical (unpaired) electrons. The minimum Gasteiger partial charge on any atom is -0.426 e. The van der Waals surface area contributed by atoms with Crippen LogP contribution in [0.15, 0.2) is 30.3 Å². The standard InChI is InChI=1S/C16H21BNO2S/c1-11-13(17-20-16(4,5)15(2,3)19)21-14(18-11)12-9-7-6-8-10-12/h6-10,19H,1-5H3. The van der Waals surface area contributed by atoms with E-state index in [4.69, 9.17) is 4.65 Å².